The molecule has 1 nitrogen and oxygen atoms in total. The number of rotatable bonds is 4. The lowest BCUT2D eigenvalue weighted by molar-refractivity contribution is -0.111. The number of carbonyl (C=O) groups excluding carboxylic acids is 1. The Labute approximate surface area is 81.5 Å². The molecule has 0 aromatic rings. The summed E-state index contributed by atoms with van der Waals surface area (Å²) in [6, 6.07) is 0. The van der Waals surface area contributed by atoms with Crippen molar-refractivity contribution in [1.29, 1.82) is 0 Å². The summed E-state index contributed by atoms with van der Waals surface area (Å²) in [5, 5.41) is 0. The highest BCUT2D eigenvalue weighted by Crippen LogP contribution is 2.18. The van der Waals surface area contributed by atoms with Gasteiger partial charge < -0.3 is 0 Å². The molecule has 1 heteroatoms. The van der Waals surface area contributed by atoms with Crippen molar-refractivity contribution in [3.8, 4) is 0 Å². The first-order valence-corrected chi connectivity index (χ1v) is 4.88. The molecule has 0 saturated carbocycles. The van der Waals surface area contributed by atoms with E-state index in [0.717, 1.165) is 12.0 Å². The van der Waals surface area contributed by atoms with E-state index in [1.54, 1.807) is 12.2 Å². The number of hydrogen-bond donors (Lipinski definition) is 0. The average Bonchev–Trinajstić information content (AvgIpc) is 2.14. The summed E-state index contributed by atoms with van der Waals surface area (Å²) in [6.45, 7) is 10.1. The fourth-order valence-electron chi connectivity index (χ4n) is 1.15. The highest BCUT2D eigenvalue weighted by molar-refractivity contribution is 6.03. The molecule has 0 aliphatic heterocycles. The molecule has 1 unspecified atom stereocenters. The van der Waals surface area contributed by atoms with Gasteiger partial charge in [-0.2, -0.15) is 0 Å². The Kier molecular flexibility index (Phi) is 5.36. The molecular weight excluding hydrogens is 160 g/mol. The van der Waals surface area contributed by atoms with Crippen molar-refractivity contribution < 1.29 is 4.79 Å². The lowest BCUT2D eigenvalue weighted by atomic mass is 9.94. The van der Waals surface area contributed by atoms with Gasteiger partial charge in [0.15, 0.2) is 5.78 Å². The summed E-state index contributed by atoms with van der Waals surface area (Å²) in [6.07, 6.45) is 4.50. The van der Waals surface area contributed by atoms with Gasteiger partial charge in [0.25, 0.3) is 0 Å². The van der Waals surface area contributed by atoms with E-state index in [9.17, 15) is 4.79 Å². The van der Waals surface area contributed by atoms with Crippen molar-refractivity contribution in [1.82, 2.24) is 0 Å². The molecule has 0 rings (SSSR count). The van der Waals surface area contributed by atoms with Gasteiger partial charge in [-0.1, -0.05) is 25.5 Å². The van der Waals surface area contributed by atoms with Crippen LogP contribution in [0.1, 0.15) is 41.0 Å². The van der Waals surface area contributed by atoms with Crippen LogP contribution in [0, 0.1) is 5.92 Å². The molecule has 0 saturated heterocycles. The molecule has 0 aromatic carbocycles. The topological polar surface area (TPSA) is 17.1 Å². The standard InChI is InChI=1S/C12H20O/c1-6-8-12(13)11(5)10(4)9(3)7-2/h6,8-9H,7H2,1-5H3. The predicted molar refractivity (Wildman–Crippen MR) is 57.7 cm³/mol. The zero-order chi connectivity index (χ0) is 10.4. The monoisotopic (exact) mass is 180 g/mol. The fraction of sp³-hybridized carbons (Fsp3) is 0.583. The first-order chi connectivity index (χ1) is 6.04. The highest BCUT2D eigenvalue weighted by Gasteiger charge is 2.08. The minimum absolute atomic E-state index is 0.139. The first-order valence-electron chi connectivity index (χ1n) is 4.88. The van der Waals surface area contributed by atoms with Crippen molar-refractivity contribution in [2.45, 2.75) is 41.0 Å². The van der Waals surface area contributed by atoms with Crippen LogP contribution in [0.3, 0.4) is 0 Å². The molecule has 74 valence electrons. The Bertz CT molecular complexity index is 234. The van der Waals surface area contributed by atoms with Gasteiger partial charge in [-0.15, -0.1) is 0 Å². The van der Waals surface area contributed by atoms with Crippen LogP contribution < -0.4 is 0 Å². The van der Waals surface area contributed by atoms with Crippen molar-refractivity contribution >= 4 is 5.78 Å². The third-order valence-electron chi connectivity index (χ3n) is 2.63. The maximum atomic E-state index is 11.5. The van der Waals surface area contributed by atoms with Gasteiger partial charge in [0.1, 0.15) is 0 Å². The van der Waals surface area contributed by atoms with Gasteiger partial charge in [0.05, 0.1) is 0 Å². The molecular formula is C12H20O. The third kappa shape index (κ3) is 3.58. The van der Waals surface area contributed by atoms with E-state index in [1.807, 2.05) is 20.8 Å². The van der Waals surface area contributed by atoms with Crippen LogP contribution >= 0.6 is 0 Å². The van der Waals surface area contributed by atoms with Gasteiger partial charge in [0, 0.05) is 0 Å². The molecule has 0 aliphatic carbocycles. The van der Waals surface area contributed by atoms with E-state index in [2.05, 4.69) is 13.8 Å². The second kappa shape index (κ2) is 5.74. The number of hydrogen-bond acceptors (Lipinski definition) is 1. The molecule has 0 fully saturated rings. The summed E-state index contributed by atoms with van der Waals surface area (Å²) in [7, 11) is 0. The quantitative estimate of drug-likeness (QED) is 0.605. The van der Waals surface area contributed by atoms with E-state index >= 15 is 0 Å². The predicted octanol–water partition coefficient (Wildman–Crippen LogP) is 3.51. The van der Waals surface area contributed by atoms with Gasteiger partial charge in [-0.25, -0.2) is 0 Å². The Balaban J connectivity index is 4.70. The van der Waals surface area contributed by atoms with Crippen LogP contribution in [-0.2, 0) is 4.79 Å². The Morgan fingerprint density at radius 1 is 1.38 bits per heavy atom. The molecule has 0 heterocycles. The van der Waals surface area contributed by atoms with Crippen LogP contribution in [0.15, 0.2) is 23.3 Å². The van der Waals surface area contributed by atoms with Crippen molar-refractivity contribution in [3.63, 3.8) is 0 Å². The number of carbonyl (C=O) groups is 1. The first kappa shape index (κ1) is 12.2. The molecule has 0 amide bonds. The normalized spacial score (nSPS) is 15.8. The maximum Gasteiger partial charge on any atom is 0.181 e. The molecule has 0 aromatic heterocycles. The Hall–Kier alpha value is -0.850. The Morgan fingerprint density at radius 3 is 2.31 bits per heavy atom. The largest absolute Gasteiger partial charge is 0.290 e. The van der Waals surface area contributed by atoms with Gasteiger partial charge in [-0.05, 0) is 44.8 Å². The Morgan fingerprint density at radius 2 is 1.92 bits per heavy atom. The number of allylic oxidation sites excluding steroid dienone is 4. The summed E-state index contributed by atoms with van der Waals surface area (Å²) < 4.78 is 0. The van der Waals surface area contributed by atoms with Crippen LogP contribution in [-0.4, -0.2) is 5.78 Å². The summed E-state index contributed by atoms with van der Waals surface area (Å²) in [4.78, 5) is 11.5. The van der Waals surface area contributed by atoms with Crippen molar-refractivity contribution in [2.24, 2.45) is 5.92 Å². The van der Waals surface area contributed by atoms with E-state index in [4.69, 9.17) is 0 Å². The SMILES string of the molecule is CC=CC(=O)C(C)=C(C)C(C)CC. The van der Waals surface area contributed by atoms with E-state index in [0.29, 0.717) is 5.92 Å². The number of ketones is 1. The van der Waals surface area contributed by atoms with E-state index in [-0.39, 0.29) is 5.78 Å². The fourth-order valence-corrected chi connectivity index (χ4v) is 1.15. The molecule has 0 aliphatic rings. The minimum Gasteiger partial charge on any atom is -0.290 e. The van der Waals surface area contributed by atoms with Crippen LogP contribution in [0.5, 0.6) is 0 Å². The summed E-state index contributed by atoms with van der Waals surface area (Å²) in [5.41, 5.74) is 2.11. The van der Waals surface area contributed by atoms with Crippen LogP contribution in [0.25, 0.3) is 0 Å². The van der Waals surface area contributed by atoms with Gasteiger partial charge >= 0.3 is 0 Å². The molecule has 0 bridgehead atoms. The second-order valence-electron chi connectivity index (χ2n) is 3.48. The lowest BCUT2D eigenvalue weighted by Crippen LogP contribution is -2.03. The van der Waals surface area contributed by atoms with Crippen LogP contribution in [0.2, 0.25) is 0 Å². The molecule has 0 radical (unpaired) electrons. The third-order valence-corrected chi connectivity index (χ3v) is 2.63. The van der Waals surface area contributed by atoms with Crippen LogP contribution in [0.4, 0.5) is 0 Å². The molecule has 0 N–H and O–H groups in total. The average molecular weight is 180 g/mol. The summed E-state index contributed by atoms with van der Waals surface area (Å²) >= 11 is 0. The maximum absolute atomic E-state index is 11.5. The van der Waals surface area contributed by atoms with E-state index in [1.165, 1.54) is 5.57 Å². The van der Waals surface area contributed by atoms with E-state index < -0.39 is 0 Å². The van der Waals surface area contributed by atoms with Crippen molar-refractivity contribution in [2.75, 3.05) is 0 Å². The lowest BCUT2D eigenvalue weighted by Gasteiger charge is -2.11. The molecule has 1 atom stereocenters. The molecule has 13 heavy (non-hydrogen) atoms. The zero-order valence-corrected chi connectivity index (χ0v) is 9.35. The van der Waals surface area contributed by atoms with Gasteiger partial charge in [0.2, 0.25) is 0 Å². The smallest absolute Gasteiger partial charge is 0.181 e. The molecule has 0 spiro atoms. The second-order valence-corrected chi connectivity index (χ2v) is 3.48. The van der Waals surface area contributed by atoms with Crippen molar-refractivity contribution in [3.05, 3.63) is 23.3 Å². The minimum atomic E-state index is 0.139. The van der Waals surface area contributed by atoms with Gasteiger partial charge in [-0.3, -0.25) is 4.79 Å². The zero-order valence-electron chi connectivity index (χ0n) is 9.35. The highest BCUT2D eigenvalue weighted by atomic mass is 16.1. The summed E-state index contributed by atoms with van der Waals surface area (Å²) in [5.74, 6) is 0.648.